The summed E-state index contributed by atoms with van der Waals surface area (Å²) in [7, 11) is 1.47. The van der Waals surface area contributed by atoms with E-state index in [0.29, 0.717) is 5.02 Å². The predicted octanol–water partition coefficient (Wildman–Crippen LogP) is 2.15. The number of carbonyl (C=O) groups is 1. The van der Waals surface area contributed by atoms with E-state index in [2.05, 4.69) is 5.32 Å². The molecule has 0 bridgehead atoms. The summed E-state index contributed by atoms with van der Waals surface area (Å²) in [4.78, 5) is 11.6. The van der Waals surface area contributed by atoms with E-state index in [1.807, 2.05) is 0 Å². The summed E-state index contributed by atoms with van der Waals surface area (Å²) in [5.74, 6) is -0.160. The number of ether oxygens (including phenoxy) is 2. The van der Waals surface area contributed by atoms with Crippen LogP contribution in [0.5, 0.6) is 5.75 Å². The van der Waals surface area contributed by atoms with Crippen molar-refractivity contribution in [2.24, 2.45) is 0 Å². The minimum Gasteiger partial charge on any atom is -0.482 e. The Labute approximate surface area is 131 Å². The Morgan fingerprint density at radius 1 is 1.30 bits per heavy atom. The second-order valence-electron chi connectivity index (χ2n) is 3.89. The molecular formula is C12H14Cl3NO4. The Hall–Kier alpha value is -0.720. The minimum atomic E-state index is -0.486. The fourth-order valence-electron chi connectivity index (χ4n) is 1.37. The lowest BCUT2D eigenvalue weighted by atomic mass is 10.3. The molecule has 1 rings (SSSR count). The lowest BCUT2D eigenvalue weighted by Gasteiger charge is -2.15. The first-order chi connectivity index (χ1) is 9.47. The highest BCUT2D eigenvalue weighted by Crippen LogP contribution is 2.33. The number of amides is 1. The fraction of sp³-hybridized carbons (Fsp3) is 0.417. The van der Waals surface area contributed by atoms with Crippen molar-refractivity contribution in [1.82, 2.24) is 5.32 Å². The highest BCUT2D eigenvalue weighted by Gasteiger charge is 2.13. The van der Waals surface area contributed by atoms with Crippen molar-refractivity contribution >= 4 is 40.7 Å². The molecule has 2 N–H and O–H groups in total. The van der Waals surface area contributed by atoms with E-state index in [-0.39, 0.29) is 35.6 Å². The lowest BCUT2D eigenvalue weighted by molar-refractivity contribution is -0.124. The third-order valence-corrected chi connectivity index (χ3v) is 3.30. The fourth-order valence-corrected chi connectivity index (χ4v) is 1.96. The van der Waals surface area contributed by atoms with Crippen molar-refractivity contribution < 1.29 is 19.4 Å². The van der Waals surface area contributed by atoms with Gasteiger partial charge in [0.1, 0.15) is 5.75 Å². The van der Waals surface area contributed by atoms with Crippen LogP contribution in [-0.4, -0.2) is 44.0 Å². The zero-order chi connectivity index (χ0) is 15.1. The molecule has 0 saturated carbocycles. The normalized spacial score (nSPS) is 12.1. The van der Waals surface area contributed by atoms with Gasteiger partial charge >= 0.3 is 0 Å². The van der Waals surface area contributed by atoms with Crippen LogP contribution in [-0.2, 0) is 9.53 Å². The highest BCUT2D eigenvalue weighted by atomic mass is 35.5. The maximum absolute atomic E-state index is 11.6. The zero-order valence-electron chi connectivity index (χ0n) is 10.7. The first-order valence-corrected chi connectivity index (χ1v) is 6.77. The third kappa shape index (κ3) is 5.34. The quantitative estimate of drug-likeness (QED) is 0.745. The Bertz CT molecular complexity index is 470. The van der Waals surface area contributed by atoms with E-state index in [0.717, 1.165) is 0 Å². The number of benzene rings is 1. The number of hydrogen-bond donors (Lipinski definition) is 2. The smallest absolute Gasteiger partial charge is 0.258 e. The first kappa shape index (κ1) is 17.3. The molecule has 0 spiro atoms. The average molecular weight is 343 g/mol. The van der Waals surface area contributed by atoms with Crippen LogP contribution >= 0.6 is 34.8 Å². The van der Waals surface area contributed by atoms with Gasteiger partial charge in [0, 0.05) is 13.2 Å². The molecule has 0 aromatic heterocycles. The molecule has 1 atom stereocenters. The van der Waals surface area contributed by atoms with Crippen molar-refractivity contribution in [3.05, 3.63) is 27.2 Å². The lowest BCUT2D eigenvalue weighted by Crippen LogP contribution is -2.42. The molecule has 0 radical (unpaired) electrons. The van der Waals surface area contributed by atoms with Gasteiger partial charge < -0.3 is 19.9 Å². The van der Waals surface area contributed by atoms with Gasteiger partial charge in [0.25, 0.3) is 5.91 Å². The van der Waals surface area contributed by atoms with Crippen LogP contribution in [0.25, 0.3) is 0 Å². The Morgan fingerprint density at radius 2 is 1.95 bits per heavy atom. The summed E-state index contributed by atoms with van der Waals surface area (Å²) in [6, 6.07) is 2.37. The number of nitrogens with one attached hydrogen (secondary N) is 1. The SMILES string of the molecule is COCC(CO)NC(=O)COc1cc(Cl)c(Cl)cc1Cl. The standard InChI is InChI=1S/C12H14Cl3NO4/c1-19-5-7(4-17)16-12(18)6-20-11-3-9(14)8(13)2-10(11)15/h2-3,7,17H,4-6H2,1H3,(H,16,18). The van der Waals surface area contributed by atoms with Gasteiger partial charge in [-0.1, -0.05) is 34.8 Å². The van der Waals surface area contributed by atoms with Crippen LogP contribution in [0, 0.1) is 0 Å². The van der Waals surface area contributed by atoms with Gasteiger partial charge in [-0.25, -0.2) is 0 Å². The number of halogens is 3. The molecule has 0 aliphatic heterocycles. The molecule has 1 unspecified atom stereocenters. The van der Waals surface area contributed by atoms with Crippen LogP contribution in [0.2, 0.25) is 15.1 Å². The summed E-state index contributed by atoms with van der Waals surface area (Å²) in [5, 5.41) is 12.4. The summed E-state index contributed by atoms with van der Waals surface area (Å²) in [6.45, 7) is -0.291. The van der Waals surface area contributed by atoms with Crippen molar-refractivity contribution in [2.45, 2.75) is 6.04 Å². The summed E-state index contributed by atoms with van der Waals surface area (Å²) < 4.78 is 10.1. The molecular weight excluding hydrogens is 328 g/mol. The van der Waals surface area contributed by atoms with Crippen LogP contribution in [0.4, 0.5) is 0 Å². The molecule has 5 nitrogen and oxygen atoms in total. The Balaban J connectivity index is 2.54. The van der Waals surface area contributed by atoms with Crippen molar-refractivity contribution in [1.29, 1.82) is 0 Å². The largest absolute Gasteiger partial charge is 0.482 e. The maximum Gasteiger partial charge on any atom is 0.258 e. The Kier molecular flexibility index (Phi) is 7.40. The molecule has 0 aliphatic carbocycles. The average Bonchev–Trinajstić information content (AvgIpc) is 2.40. The van der Waals surface area contributed by atoms with Crippen LogP contribution in [0.15, 0.2) is 12.1 Å². The maximum atomic E-state index is 11.6. The second kappa shape index (κ2) is 8.54. The molecule has 1 amide bonds. The number of carbonyl (C=O) groups excluding carboxylic acids is 1. The number of methoxy groups -OCH3 is 1. The molecule has 0 saturated heterocycles. The predicted molar refractivity (Wildman–Crippen MR) is 77.9 cm³/mol. The number of aliphatic hydroxyl groups excluding tert-OH is 1. The van der Waals surface area contributed by atoms with Gasteiger partial charge in [0.05, 0.1) is 34.3 Å². The molecule has 1 aromatic rings. The third-order valence-electron chi connectivity index (χ3n) is 2.29. The minimum absolute atomic E-state index is 0.204. The summed E-state index contributed by atoms with van der Waals surface area (Å²) >= 11 is 17.5. The van der Waals surface area contributed by atoms with Crippen LogP contribution in [0.3, 0.4) is 0 Å². The van der Waals surface area contributed by atoms with E-state index < -0.39 is 11.9 Å². The summed E-state index contributed by atoms with van der Waals surface area (Å²) in [6.07, 6.45) is 0. The van der Waals surface area contributed by atoms with Gasteiger partial charge in [-0.3, -0.25) is 4.79 Å². The first-order valence-electron chi connectivity index (χ1n) is 5.64. The van der Waals surface area contributed by atoms with E-state index in [9.17, 15) is 4.79 Å². The second-order valence-corrected chi connectivity index (χ2v) is 5.11. The molecule has 20 heavy (non-hydrogen) atoms. The van der Waals surface area contributed by atoms with E-state index in [4.69, 9.17) is 49.4 Å². The molecule has 112 valence electrons. The van der Waals surface area contributed by atoms with Crippen LogP contribution in [0.1, 0.15) is 0 Å². The zero-order valence-corrected chi connectivity index (χ0v) is 12.9. The van der Waals surface area contributed by atoms with Gasteiger partial charge in [0.2, 0.25) is 0 Å². The Morgan fingerprint density at radius 3 is 2.55 bits per heavy atom. The van der Waals surface area contributed by atoms with E-state index in [1.165, 1.54) is 19.2 Å². The summed E-state index contributed by atoms with van der Waals surface area (Å²) in [5.41, 5.74) is 0. The van der Waals surface area contributed by atoms with Crippen LogP contribution < -0.4 is 10.1 Å². The molecule has 0 heterocycles. The molecule has 8 heteroatoms. The van der Waals surface area contributed by atoms with E-state index in [1.54, 1.807) is 0 Å². The topological polar surface area (TPSA) is 67.8 Å². The van der Waals surface area contributed by atoms with Gasteiger partial charge in [-0.05, 0) is 6.07 Å². The van der Waals surface area contributed by atoms with Gasteiger partial charge in [-0.2, -0.15) is 0 Å². The number of rotatable bonds is 7. The van der Waals surface area contributed by atoms with Gasteiger partial charge in [-0.15, -0.1) is 0 Å². The molecule has 1 aromatic carbocycles. The van der Waals surface area contributed by atoms with E-state index >= 15 is 0 Å². The molecule has 0 aliphatic rings. The monoisotopic (exact) mass is 341 g/mol. The van der Waals surface area contributed by atoms with Crippen molar-refractivity contribution in [2.75, 3.05) is 26.9 Å². The van der Waals surface area contributed by atoms with Crippen molar-refractivity contribution in [3.8, 4) is 5.75 Å². The van der Waals surface area contributed by atoms with Crippen molar-refractivity contribution in [3.63, 3.8) is 0 Å². The van der Waals surface area contributed by atoms with Gasteiger partial charge in [0.15, 0.2) is 6.61 Å². The molecule has 0 fully saturated rings. The number of aliphatic hydroxyl groups is 1. The number of hydrogen-bond acceptors (Lipinski definition) is 4. The highest BCUT2D eigenvalue weighted by molar-refractivity contribution is 6.43.